The molecule has 55 heavy (non-hydrogen) atoms. The van der Waals surface area contributed by atoms with Crippen molar-refractivity contribution < 1.29 is 14.3 Å². The summed E-state index contributed by atoms with van der Waals surface area (Å²) in [7, 11) is 0. The first-order chi connectivity index (χ1) is 27.0. The van der Waals surface area contributed by atoms with Crippen LogP contribution in [0.2, 0.25) is 0 Å². The number of nitrogens with zero attached hydrogens (tertiary/aromatic N) is 1. The average Bonchev–Trinajstić information content (AvgIpc) is 3.18. The molecule has 2 N–H and O–H groups in total. The van der Waals surface area contributed by atoms with E-state index in [0.29, 0.717) is 25.0 Å². The number of hydrogen-bond acceptors (Lipinski definition) is 5. The fourth-order valence-electron chi connectivity index (χ4n) is 7.52. The van der Waals surface area contributed by atoms with E-state index in [-0.39, 0.29) is 5.91 Å². The number of allylic oxidation sites excluding steroid dienone is 1. The first-order valence-corrected chi connectivity index (χ1v) is 24.5. The number of amides is 1. The van der Waals surface area contributed by atoms with Gasteiger partial charge in [-0.3, -0.25) is 10.2 Å². The Kier molecular flexibility index (Phi) is 42.3. The number of carbonyl (C=O) groups is 1. The van der Waals surface area contributed by atoms with Crippen LogP contribution in [0.15, 0.2) is 12.3 Å². The predicted octanol–water partition coefficient (Wildman–Crippen LogP) is 15.0. The number of hydrogen-bond donors (Lipinski definition) is 2. The summed E-state index contributed by atoms with van der Waals surface area (Å²) in [4.78, 5) is 14.3. The van der Waals surface area contributed by atoms with Crippen LogP contribution in [0.3, 0.4) is 0 Å². The summed E-state index contributed by atoms with van der Waals surface area (Å²) in [5.74, 6) is 1.66. The zero-order valence-corrected chi connectivity index (χ0v) is 37.7. The van der Waals surface area contributed by atoms with E-state index in [2.05, 4.69) is 37.6 Å². The molecule has 1 amide bonds. The molecule has 0 spiro atoms. The molecule has 0 aliphatic carbocycles. The van der Waals surface area contributed by atoms with Gasteiger partial charge in [-0.1, -0.05) is 176 Å². The highest BCUT2D eigenvalue weighted by Gasteiger charge is 2.12. The minimum absolute atomic E-state index is 0.155. The molecular formula is C49H97N3O3. The quantitative estimate of drug-likeness (QED) is 0.0280. The third-order valence-electron chi connectivity index (χ3n) is 11.2. The second kappa shape index (κ2) is 43.6. The lowest BCUT2D eigenvalue weighted by atomic mass is 10.0. The van der Waals surface area contributed by atoms with E-state index in [1.807, 2.05) is 6.92 Å². The summed E-state index contributed by atoms with van der Waals surface area (Å²) >= 11 is 0. The maximum absolute atomic E-state index is 11.7. The third kappa shape index (κ3) is 40.4. The van der Waals surface area contributed by atoms with Gasteiger partial charge in [0.1, 0.15) is 0 Å². The zero-order valence-electron chi connectivity index (χ0n) is 37.7. The Hall–Kier alpha value is -1.56. The van der Waals surface area contributed by atoms with Crippen molar-refractivity contribution >= 4 is 11.8 Å². The molecule has 0 radical (unpaired) electrons. The Morgan fingerprint density at radius 1 is 0.545 bits per heavy atom. The predicted molar refractivity (Wildman–Crippen MR) is 241 cm³/mol. The second-order valence-corrected chi connectivity index (χ2v) is 16.7. The second-order valence-electron chi connectivity index (χ2n) is 16.7. The lowest BCUT2D eigenvalue weighted by Gasteiger charge is -2.22. The van der Waals surface area contributed by atoms with Gasteiger partial charge < -0.3 is 19.7 Å². The zero-order chi connectivity index (χ0) is 40.3. The molecule has 0 bridgehead atoms. The number of rotatable bonds is 45. The van der Waals surface area contributed by atoms with Crippen LogP contribution in [0.25, 0.3) is 0 Å². The standard InChI is InChI=1S/C49H97N3O3/c1-6-10-13-16-19-28-35-45-54-48(50)40-32-25-21-27-34-43-52(44-36-41-51-49(53)9-4)42-33-26-20-22-29-37-46(5)55-47(38-30-23-17-14-11-7-2)39-31-24-18-15-12-8-3/h47,50H,5-45H2,1-4H3,(H,51,53). The molecule has 0 aliphatic rings. The van der Waals surface area contributed by atoms with Crippen LogP contribution in [-0.4, -0.2) is 55.6 Å². The van der Waals surface area contributed by atoms with E-state index in [0.717, 1.165) is 64.0 Å². The molecule has 326 valence electrons. The Labute approximate surface area is 344 Å². The Bertz CT molecular complexity index is 818. The van der Waals surface area contributed by atoms with Gasteiger partial charge in [0.05, 0.1) is 18.5 Å². The topological polar surface area (TPSA) is 74.7 Å². The minimum Gasteiger partial charge on any atom is -0.495 e. The van der Waals surface area contributed by atoms with Gasteiger partial charge in [-0.05, 0) is 83.8 Å². The van der Waals surface area contributed by atoms with E-state index in [1.54, 1.807) is 0 Å². The van der Waals surface area contributed by atoms with E-state index < -0.39 is 0 Å². The normalized spacial score (nSPS) is 11.5. The molecule has 0 aromatic heterocycles. The molecule has 0 atom stereocenters. The van der Waals surface area contributed by atoms with Gasteiger partial charge in [-0.25, -0.2) is 0 Å². The van der Waals surface area contributed by atoms with Crippen molar-refractivity contribution in [2.75, 3.05) is 32.8 Å². The molecular weight excluding hydrogens is 679 g/mol. The smallest absolute Gasteiger partial charge is 0.219 e. The van der Waals surface area contributed by atoms with Gasteiger partial charge in [0.15, 0.2) is 5.90 Å². The Balaban J connectivity index is 4.29. The van der Waals surface area contributed by atoms with Gasteiger partial charge in [0, 0.05) is 25.8 Å². The molecule has 6 heteroatoms. The van der Waals surface area contributed by atoms with E-state index in [9.17, 15) is 4.79 Å². The molecule has 0 aliphatic heterocycles. The maximum atomic E-state index is 11.7. The fraction of sp³-hybridized carbons (Fsp3) is 0.918. The van der Waals surface area contributed by atoms with Crippen molar-refractivity contribution in [3.63, 3.8) is 0 Å². The van der Waals surface area contributed by atoms with Gasteiger partial charge >= 0.3 is 0 Å². The first-order valence-electron chi connectivity index (χ1n) is 24.5. The summed E-state index contributed by atoms with van der Waals surface area (Å²) in [5, 5.41) is 11.2. The monoisotopic (exact) mass is 776 g/mol. The summed E-state index contributed by atoms with van der Waals surface area (Å²) < 4.78 is 12.2. The van der Waals surface area contributed by atoms with Crippen LogP contribution in [0.4, 0.5) is 0 Å². The highest BCUT2D eigenvalue weighted by molar-refractivity contribution is 5.75. The Morgan fingerprint density at radius 2 is 0.964 bits per heavy atom. The van der Waals surface area contributed by atoms with Crippen LogP contribution in [0.5, 0.6) is 0 Å². The fourth-order valence-corrected chi connectivity index (χ4v) is 7.52. The van der Waals surface area contributed by atoms with Gasteiger partial charge in [-0.15, -0.1) is 0 Å². The van der Waals surface area contributed by atoms with Crippen molar-refractivity contribution in [1.82, 2.24) is 10.2 Å². The molecule has 0 unspecified atom stereocenters. The molecule has 0 aromatic carbocycles. The lowest BCUT2D eigenvalue weighted by molar-refractivity contribution is -0.120. The molecule has 0 saturated carbocycles. The SMILES string of the molecule is C=C(CCCCCCCN(CCCCCCCC(=N)OCCCCCCCCC)CCCNC(=O)CC)OC(CCCCCCCC)CCCCCCCC. The maximum Gasteiger partial charge on any atom is 0.219 e. The lowest BCUT2D eigenvalue weighted by Crippen LogP contribution is -2.31. The number of unbranched alkanes of at least 4 members (excludes halogenated alkanes) is 24. The van der Waals surface area contributed by atoms with Crippen LogP contribution < -0.4 is 5.32 Å². The van der Waals surface area contributed by atoms with Crippen molar-refractivity contribution in [1.29, 1.82) is 5.41 Å². The van der Waals surface area contributed by atoms with Crippen molar-refractivity contribution in [3.05, 3.63) is 12.3 Å². The van der Waals surface area contributed by atoms with Gasteiger partial charge in [-0.2, -0.15) is 0 Å². The van der Waals surface area contributed by atoms with Crippen LogP contribution in [0.1, 0.15) is 252 Å². The summed E-state index contributed by atoms with van der Waals surface area (Å²) in [5.41, 5.74) is 0. The number of carbonyl (C=O) groups excluding carboxylic acids is 1. The molecule has 0 aromatic rings. The highest BCUT2D eigenvalue weighted by Crippen LogP contribution is 2.21. The number of nitrogens with one attached hydrogen (secondary N) is 2. The largest absolute Gasteiger partial charge is 0.495 e. The average molecular weight is 776 g/mol. The molecule has 0 saturated heterocycles. The summed E-state index contributed by atoms with van der Waals surface area (Å²) in [6.45, 7) is 18.0. The molecule has 0 heterocycles. The van der Waals surface area contributed by atoms with Gasteiger partial charge in [0.2, 0.25) is 5.91 Å². The van der Waals surface area contributed by atoms with Crippen molar-refractivity contribution in [3.8, 4) is 0 Å². The third-order valence-corrected chi connectivity index (χ3v) is 11.2. The molecule has 0 rings (SSSR count). The Morgan fingerprint density at radius 3 is 1.47 bits per heavy atom. The van der Waals surface area contributed by atoms with E-state index >= 15 is 0 Å². The summed E-state index contributed by atoms with van der Waals surface area (Å²) in [6.07, 6.45) is 43.5. The minimum atomic E-state index is 0.155. The van der Waals surface area contributed by atoms with Crippen molar-refractivity contribution in [2.24, 2.45) is 0 Å². The first kappa shape index (κ1) is 53.4. The van der Waals surface area contributed by atoms with Gasteiger partial charge in [0.25, 0.3) is 0 Å². The molecule has 6 nitrogen and oxygen atoms in total. The van der Waals surface area contributed by atoms with E-state index in [4.69, 9.17) is 14.9 Å². The van der Waals surface area contributed by atoms with Crippen LogP contribution >= 0.6 is 0 Å². The number of ether oxygens (including phenoxy) is 2. The van der Waals surface area contributed by atoms with E-state index in [1.165, 1.54) is 186 Å². The van der Waals surface area contributed by atoms with Crippen LogP contribution in [0, 0.1) is 5.41 Å². The molecule has 0 fully saturated rings. The highest BCUT2D eigenvalue weighted by atomic mass is 16.5. The summed E-state index contributed by atoms with van der Waals surface area (Å²) in [6, 6.07) is 0. The van der Waals surface area contributed by atoms with Crippen molar-refractivity contribution in [2.45, 2.75) is 259 Å². The van der Waals surface area contributed by atoms with Crippen LogP contribution in [-0.2, 0) is 14.3 Å².